The molecule has 15 heavy (non-hydrogen) atoms. The molecule has 82 valence electrons. The third-order valence-corrected chi connectivity index (χ3v) is 2.17. The van der Waals surface area contributed by atoms with Crippen LogP contribution in [-0.2, 0) is 0 Å². The van der Waals surface area contributed by atoms with Crippen molar-refractivity contribution >= 4 is 5.78 Å². The Morgan fingerprint density at radius 1 is 1.53 bits per heavy atom. The molecule has 0 radical (unpaired) electrons. The second-order valence-corrected chi connectivity index (χ2v) is 3.15. The summed E-state index contributed by atoms with van der Waals surface area (Å²) in [6.45, 7) is 3.97. The molecule has 0 heterocycles. The highest BCUT2D eigenvalue weighted by molar-refractivity contribution is 6.00. The number of aromatic hydroxyl groups is 1. The molecule has 1 rings (SSSR count). The van der Waals surface area contributed by atoms with E-state index in [1.165, 1.54) is 6.07 Å². The highest BCUT2D eigenvalue weighted by Crippen LogP contribution is 2.30. The molecule has 0 aliphatic rings. The number of phenolic OH excluding ortho intramolecular Hbond substituents is 1. The summed E-state index contributed by atoms with van der Waals surface area (Å²) in [5.74, 6) is 0.263. The van der Waals surface area contributed by atoms with Crippen molar-refractivity contribution in [1.82, 2.24) is 0 Å². The number of Topliss-reactive ketones (excluding diaryl/α,β-unsaturated/α-hetero) is 1. The van der Waals surface area contributed by atoms with E-state index in [2.05, 4.69) is 0 Å². The van der Waals surface area contributed by atoms with E-state index in [0.29, 0.717) is 17.9 Å². The van der Waals surface area contributed by atoms with Gasteiger partial charge in [-0.05, 0) is 26.0 Å². The van der Waals surface area contributed by atoms with E-state index in [4.69, 9.17) is 10.5 Å². The lowest BCUT2D eigenvalue weighted by Crippen LogP contribution is -2.14. The van der Waals surface area contributed by atoms with Gasteiger partial charge in [0.1, 0.15) is 11.5 Å². The summed E-state index contributed by atoms with van der Waals surface area (Å²) in [4.78, 5) is 11.3. The number of benzene rings is 1. The second-order valence-electron chi connectivity index (χ2n) is 3.15. The third-order valence-electron chi connectivity index (χ3n) is 2.17. The van der Waals surface area contributed by atoms with Gasteiger partial charge in [-0.1, -0.05) is 0 Å². The number of nitrogens with two attached hydrogens (primary N) is 1. The van der Waals surface area contributed by atoms with Crippen LogP contribution in [0.3, 0.4) is 0 Å². The van der Waals surface area contributed by atoms with Gasteiger partial charge in [0.15, 0.2) is 5.78 Å². The van der Waals surface area contributed by atoms with E-state index >= 15 is 0 Å². The highest BCUT2D eigenvalue weighted by Gasteiger charge is 2.14. The van der Waals surface area contributed by atoms with Crippen molar-refractivity contribution in [2.45, 2.75) is 13.8 Å². The van der Waals surface area contributed by atoms with Gasteiger partial charge < -0.3 is 15.6 Å². The lowest BCUT2D eigenvalue weighted by atomic mass is 10.1. The van der Waals surface area contributed by atoms with Crippen molar-refractivity contribution in [3.63, 3.8) is 0 Å². The number of rotatable bonds is 4. The number of hydrogen-bond acceptors (Lipinski definition) is 4. The molecule has 0 aliphatic heterocycles. The molecule has 0 unspecified atom stereocenters. The van der Waals surface area contributed by atoms with Gasteiger partial charge in [-0.25, -0.2) is 0 Å². The average Bonchev–Trinajstić information content (AvgIpc) is 2.24. The van der Waals surface area contributed by atoms with Gasteiger partial charge >= 0.3 is 0 Å². The number of ketones is 1. The number of carbonyl (C=O) groups excluding carboxylic acids is 1. The standard InChI is InChI=1S/C11H15NO3/c1-3-15-10-5-4-8(9(13)6-12)11(14)7(10)2/h4-5,14H,3,6,12H2,1-2H3. The molecule has 0 aliphatic carbocycles. The first-order valence-corrected chi connectivity index (χ1v) is 4.80. The quantitative estimate of drug-likeness (QED) is 0.732. The van der Waals surface area contributed by atoms with Crippen LogP contribution >= 0.6 is 0 Å². The number of phenols is 1. The summed E-state index contributed by atoms with van der Waals surface area (Å²) in [7, 11) is 0. The van der Waals surface area contributed by atoms with Crippen LogP contribution in [0.1, 0.15) is 22.8 Å². The molecular weight excluding hydrogens is 194 g/mol. The summed E-state index contributed by atoms with van der Waals surface area (Å²) in [6, 6.07) is 3.20. The van der Waals surface area contributed by atoms with E-state index in [9.17, 15) is 9.90 Å². The molecule has 0 saturated carbocycles. The fraction of sp³-hybridized carbons (Fsp3) is 0.364. The maximum absolute atomic E-state index is 11.3. The van der Waals surface area contributed by atoms with Crippen molar-refractivity contribution in [1.29, 1.82) is 0 Å². The van der Waals surface area contributed by atoms with E-state index in [0.717, 1.165) is 0 Å². The van der Waals surface area contributed by atoms with Crippen LogP contribution in [0, 0.1) is 6.92 Å². The lowest BCUT2D eigenvalue weighted by molar-refractivity contribution is 0.0998. The highest BCUT2D eigenvalue weighted by atomic mass is 16.5. The zero-order valence-electron chi connectivity index (χ0n) is 8.91. The van der Waals surface area contributed by atoms with Gasteiger partial charge in [0.2, 0.25) is 0 Å². The molecule has 0 amide bonds. The van der Waals surface area contributed by atoms with Crippen LogP contribution in [0.5, 0.6) is 11.5 Å². The molecule has 0 spiro atoms. The number of hydrogen-bond donors (Lipinski definition) is 2. The molecule has 0 fully saturated rings. The average molecular weight is 209 g/mol. The first-order chi connectivity index (χ1) is 7.11. The minimum Gasteiger partial charge on any atom is -0.507 e. The SMILES string of the molecule is CCOc1ccc(C(=O)CN)c(O)c1C. The molecule has 1 aromatic carbocycles. The Hall–Kier alpha value is -1.55. The predicted molar refractivity (Wildman–Crippen MR) is 57.4 cm³/mol. The Morgan fingerprint density at radius 2 is 2.20 bits per heavy atom. The maximum Gasteiger partial charge on any atom is 0.180 e. The van der Waals surface area contributed by atoms with Crippen LogP contribution in [0.25, 0.3) is 0 Å². The number of ether oxygens (including phenoxy) is 1. The Bertz CT molecular complexity index is 374. The summed E-state index contributed by atoms with van der Waals surface area (Å²) >= 11 is 0. The summed E-state index contributed by atoms with van der Waals surface area (Å²) in [5, 5.41) is 9.75. The molecule has 0 atom stereocenters. The first-order valence-electron chi connectivity index (χ1n) is 4.80. The van der Waals surface area contributed by atoms with Crippen LogP contribution in [0.2, 0.25) is 0 Å². The minimum absolute atomic E-state index is 0.0450. The fourth-order valence-electron chi connectivity index (χ4n) is 1.33. The van der Waals surface area contributed by atoms with E-state index in [1.54, 1.807) is 13.0 Å². The van der Waals surface area contributed by atoms with Crippen molar-refractivity contribution in [2.24, 2.45) is 5.73 Å². The normalized spacial score (nSPS) is 10.1. The maximum atomic E-state index is 11.3. The van der Waals surface area contributed by atoms with Crippen LogP contribution in [0.15, 0.2) is 12.1 Å². The zero-order valence-corrected chi connectivity index (χ0v) is 8.91. The third kappa shape index (κ3) is 2.27. The molecule has 4 heteroatoms. The van der Waals surface area contributed by atoms with Crippen LogP contribution in [-0.4, -0.2) is 24.0 Å². The van der Waals surface area contributed by atoms with Crippen LogP contribution in [0.4, 0.5) is 0 Å². The zero-order chi connectivity index (χ0) is 11.4. The number of carbonyl (C=O) groups is 1. The Balaban J connectivity index is 3.15. The fourth-order valence-corrected chi connectivity index (χ4v) is 1.33. The molecule has 1 aromatic rings. The summed E-state index contributed by atoms with van der Waals surface area (Å²) < 4.78 is 5.28. The van der Waals surface area contributed by atoms with Gasteiger partial charge in [-0.15, -0.1) is 0 Å². The first kappa shape index (κ1) is 11.5. The summed E-state index contributed by atoms with van der Waals surface area (Å²) in [6.07, 6.45) is 0. The van der Waals surface area contributed by atoms with Gasteiger partial charge in [-0.2, -0.15) is 0 Å². The Morgan fingerprint density at radius 3 is 2.73 bits per heavy atom. The van der Waals surface area contributed by atoms with Crippen molar-refractivity contribution in [3.8, 4) is 11.5 Å². The Kier molecular flexibility index (Phi) is 3.68. The Labute approximate surface area is 88.7 Å². The van der Waals surface area contributed by atoms with Crippen molar-refractivity contribution in [2.75, 3.05) is 13.2 Å². The van der Waals surface area contributed by atoms with Gasteiger partial charge in [0.25, 0.3) is 0 Å². The smallest absolute Gasteiger partial charge is 0.180 e. The van der Waals surface area contributed by atoms with Crippen molar-refractivity contribution in [3.05, 3.63) is 23.3 Å². The summed E-state index contributed by atoms with van der Waals surface area (Å²) in [5.41, 5.74) is 6.04. The van der Waals surface area contributed by atoms with Gasteiger partial charge in [0.05, 0.1) is 18.7 Å². The molecule has 0 aromatic heterocycles. The van der Waals surface area contributed by atoms with Crippen molar-refractivity contribution < 1.29 is 14.6 Å². The molecule has 4 nitrogen and oxygen atoms in total. The van der Waals surface area contributed by atoms with Crippen LogP contribution < -0.4 is 10.5 Å². The largest absolute Gasteiger partial charge is 0.507 e. The van der Waals surface area contributed by atoms with E-state index in [1.807, 2.05) is 6.92 Å². The van der Waals surface area contributed by atoms with Gasteiger partial charge in [0, 0.05) is 5.56 Å². The topological polar surface area (TPSA) is 72.5 Å². The predicted octanol–water partition coefficient (Wildman–Crippen LogP) is 1.24. The molecule has 0 saturated heterocycles. The minimum atomic E-state index is -0.279. The lowest BCUT2D eigenvalue weighted by Gasteiger charge is -2.10. The molecule has 0 bridgehead atoms. The second kappa shape index (κ2) is 4.79. The molecular formula is C11H15NO3. The molecule has 3 N–H and O–H groups in total. The van der Waals surface area contributed by atoms with E-state index in [-0.39, 0.29) is 23.6 Å². The van der Waals surface area contributed by atoms with Gasteiger partial charge in [-0.3, -0.25) is 4.79 Å². The van der Waals surface area contributed by atoms with E-state index < -0.39 is 0 Å². The monoisotopic (exact) mass is 209 g/mol.